The lowest BCUT2D eigenvalue weighted by Crippen LogP contribution is -2.27. The van der Waals surface area contributed by atoms with Gasteiger partial charge in [-0.3, -0.25) is 10.00 Å². The number of aromatic nitrogens is 3. The van der Waals surface area contributed by atoms with Crippen molar-refractivity contribution < 1.29 is 5.11 Å². The average molecular weight is 223 g/mol. The van der Waals surface area contributed by atoms with Crippen LogP contribution in [0.2, 0.25) is 0 Å². The Morgan fingerprint density at radius 3 is 2.94 bits per heavy atom. The third-order valence-electron chi connectivity index (χ3n) is 2.03. The summed E-state index contributed by atoms with van der Waals surface area (Å²) < 4.78 is 1.64. The quantitative estimate of drug-likeness (QED) is 0.720. The SMILES string of the molecule is CC(C)NC(C#N)c1cn(CCCO)nn1. The molecule has 1 unspecified atom stereocenters. The van der Waals surface area contributed by atoms with Crippen LogP contribution in [0.25, 0.3) is 0 Å². The Bertz CT molecular complexity index is 354. The molecule has 0 radical (unpaired) electrons. The number of hydrogen-bond donors (Lipinski definition) is 2. The van der Waals surface area contributed by atoms with E-state index in [1.165, 1.54) is 0 Å². The lowest BCUT2D eigenvalue weighted by Gasteiger charge is -2.11. The van der Waals surface area contributed by atoms with E-state index in [-0.39, 0.29) is 12.6 Å². The van der Waals surface area contributed by atoms with Crippen LogP contribution in [0.5, 0.6) is 0 Å². The molecule has 1 atom stereocenters. The third kappa shape index (κ3) is 3.61. The molecule has 1 heterocycles. The van der Waals surface area contributed by atoms with Crippen LogP contribution in [0, 0.1) is 11.3 Å². The van der Waals surface area contributed by atoms with Gasteiger partial charge in [-0.15, -0.1) is 5.10 Å². The molecule has 0 saturated carbocycles. The van der Waals surface area contributed by atoms with Crippen molar-refractivity contribution >= 4 is 0 Å². The van der Waals surface area contributed by atoms with Crippen LogP contribution in [0.4, 0.5) is 0 Å². The Morgan fingerprint density at radius 2 is 2.38 bits per heavy atom. The minimum atomic E-state index is -0.428. The van der Waals surface area contributed by atoms with Gasteiger partial charge in [0, 0.05) is 19.2 Å². The highest BCUT2D eigenvalue weighted by Gasteiger charge is 2.15. The van der Waals surface area contributed by atoms with Crippen molar-refractivity contribution in [1.82, 2.24) is 20.3 Å². The molecule has 0 bridgehead atoms. The molecule has 0 aliphatic carbocycles. The fourth-order valence-corrected chi connectivity index (χ4v) is 1.31. The maximum Gasteiger partial charge on any atom is 0.142 e. The Morgan fingerprint density at radius 1 is 1.62 bits per heavy atom. The van der Waals surface area contributed by atoms with E-state index in [2.05, 4.69) is 21.7 Å². The molecule has 1 rings (SSSR count). The molecule has 1 aromatic heterocycles. The topological polar surface area (TPSA) is 86.8 Å². The smallest absolute Gasteiger partial charge is 0.142 e. The number of nitrogens with one attached hydrogen (secondary N) is 1. The zero-order chi connectivity index (χ0) is 12.0. The fraction of sp³-hybridized carbons (Fsp3) is 0.700. The number of hydrogen-bond acceptors (Lipinski definition) is 5. The van der Waals surface area contributed by atoms with Gasteiger partial charge in [-0.1, -0.05) is 5.21 Å². The number of aliphatic hydroxyl groups is 1. The van der Waals surface area contributed by atoms with E-state index in [0.717, 1.165) is 0 Å². The zero-order valence-corrected chi connectivity index (χ0v) is 9.59. The number of aliphatic hydroxyl groups excluding tert-OH is 1. The highest BCUT2D eigenvalue weighted by atomic mass is 16.3. The van der Waals surface area contributed by atoms with Crippen molar-refractivity contribution in [2.45, 2.75) is 38.9 Å². The summed E-state index contributed by atoms with van der Waals surface area (Å²) in [5.74, 6) is 0. The molecule has 6 heteroatoms. The molecule has 0 aromatic carbocycles. The van der Waals surface area contributed by atoms with E-state index in [1.54, 1.807) is 10.9 Å². The van der Waals surface area contributed by atoms with E-state index in [9.17, 15) is 0 Å². The number of rotatable bonds is 6. The Balaban J connectivity index is 2.64. The van der Waals surface area contributed by atoms with Crippen molar-refractivity contribution in [2.24, 2.45) is 0 Å². The minimum Gasteiger partial charge on any atom is -0.396 e. The normalized spacial score (nSPS) is 12.7. The number of aryl methyl sites for hydroxylation is 1. The first-order valence-corrected chi connectivity index (χ1v) is 5.34. The third-order valence-corrected chi connectivity index (χ3v) is 2.03. The van der Waals surface area contributed by atoms with Crippen LogP contribution in [0.15, 0.2) is 6.20 Å². The Kier molecular flexibility index (Phi) is 4.89. The van der Waals surface area contributed by atoms with Crippen molar-refractivity contribution in [1.29, 1.82) is 5.26 Å². The summed E-state index contributed by atoms with van der Waals surface area (Å²) in [6.45, 7) is 4.69. The van der Waals surface area contributed by atoms with Gasteiger partial charge in [-0.05, 0) is 20.3 Å². The van der Waals surface area contributed by atoms with Crippen LogP contribution in [0.3, 0.4) is 0 Å². The van der Waals surface area contributed by atoms with E-state index < -0.39 is 6.04 Å². The molecule has 0 fully saturated rings. The fourth-order valence-electron chi connectivity index (χ4n) is 1.31. The summed E-state index contributed by atoms with van der Waals surface area (Å²) in [6.07, 6.45) is 2.37. The lowest BCUT2D eigenvalue weighted by molar-refractivity contribution is 0.276. The van der Waals surface area contributed by atoms with Crippen molar-refractivity contribution in [2.75, 3.05) is 6.61 Å². The van der Waals surface area contributed by atoms with Gasteiger partial charge in [0.05, 0.1) is 12.3 Å². The first-order chi connectivity index (χ1) is 7.67. The number of nitriles is 1. The van der Waals surface area contributed by atoms with Crippen LogP contribution < -0.4 is 5.32 Å². The summed E-state index contributed by atoms with van der Waals surface area (Å²) in [7, 11) is 0. The molecular formula is C10H17N5O. The van der Waals surface area contributed by atoms with Gasteiger partial charge in [-0.2, -0.15) is 5.26 Å². The molecule has 16 heavy (non-hydrogen) atoms. The molecule has 2 N–H and O–H groups in total. The number of nitrogens with zero attached hydrogens (tertiary/aromatic N) is 4. The first kappa shape index (κ1) is 12.6. The second kappa shape index (κ2) is 6.20. The summed E-state index contributed by atoms with van der Waals surface area (Å²) >= 11 is 0. The molecule has 0 aliphatic rings. The largest absolute Gasteiger partial charge is 0.396 e. The standard InChI is InChI=1S/C10H17N5O/c1-8(2)12-9(6-11)10-7-15(14-13-10)4-3-5-16/h7-9,12,16H,3-5H2,1-2H3. The van der Waals surface area contributed by atoms with E-state index in [4.69, 9.17) is 10.4 Å². The van der Waals surface area contributed by atoms with Crippen LogP contribution in [0.1, 0.15) is 32.0 Å². The van der Waals surface area contributed by atoms with Gasteiger partial charge < -0.3 is 5.11 Å². The van der Waals surface area contributed by atoms with Gasteiger partial charge in [0.15, 0.2) is 0 Å². The van der Waals surface area contributed by atoms with Crippen LogP contribution >= 0.6 is 0 Å². The maximum absolute atomic E-state index is 8.98. The Labute approximate surface area is 94.9 Å². The summed E-state index contributed by atoms with van der Waals surface area (Å²) in [4.78, 5) is 0. The first-order valence-electron chi connectivity index (χ1n) is 5.34. The van der Waals surface area contributed by atoms with Gasteiger partial charge in [-0.25, -0.2) is 0 Å². The maximum atomic E-state index is 8.98. The molecule has 0 saturated heterocycles. The molecule has 0 aliphatic heterocycles. The Hall–Kier alpha value is -1.45. The summed E-state index contributed by atoms with van der Waals surface area (Å²) in [6, 6.07) is 1.93. The molecule has 1 aromatic rings. The monoisotopic (exact) mass is 223 g/mol. The molecular weight excluding hydrogens is 206 g/mol. The van der Waals surface area contributed by atoms with Crippen molar-refractivity contribution in [3.05, 3.63) is 11.9 Å². The van der Waals surface area contributed by atoms with Crippen LogP contribution in [-0.2, 0) is 6.54 Å². The molecule has 0 amide bonds. The average Bonchev–Trinajstić information content (AvgIpc) is 2.71. The highest BCUT2D eigenvalue weighted by Crippen LogP contribution is 2.08. The minimum absolute atomic E-state index is 0.126. The second-order valence-corrected chi connectivity index (χ2v) is 3.87. The zero-order valence-electron chi connectivity index (χ0n) is 9.59. The summed E-state index contributed by atoms with van der Waals surface area (Å²) in [5, 5.41) is 28.6. The van der Waals surface area contributed by atoms with Gasteiger partial charge in [0.25, 0.3) is 0 Å². The van der Waals surface area contributed by atoms with E-state index in [0.29, 0.717) is 18.7 Å². The van der Waals surface area contributed by atoms with Crippen molar-refractivity contribution in [3.8, 4) is 6.07 Å². The van der Waals surface area contributed by atoms with Gasteiger partial charge in [0.2, 0.25) is 0 Å². The van der Waals surface area contributed by atoms with Gasteiger partial charge in [0.1, 0.15) is 11.7 Å². The summed E-state index contributed by atoms with van der Waals surface area (Å²) in [5.41, 5.74) is 0.620. The molecule has 0 spiro atoms. The van der Waals surface area contributed by atoms with E-state index in [1.807, 2.05) is 13.8 Å². The second-order valence-electron chi connectivity index (χ2n) is 3.87. The van der Waals surface area contributed by atoms with Gasteiger partial charge >= 0.3 is 0 Å². The van der Waals surface area contributed by atoms with Crippen molar-refractivity contribution in [3.63, 3.8) is 0 Å². The predicted molar refractivity (Wildman–Crippen MR) is 58.4 cm³/mol. The highest BCUT2D eigenvalue weighted by molar-refractivity contribution is 5.10. The van der Waals surface area contributed by atoms with E-state index >= 15 is 0 Å². The predicted octanol–water partition coefficient (Wildman–Crippen LogP) is 0.223. The lowest BCUT2D eigenvalue weighted by atomic mass is 10.2. The van der Waals surface area contributed by atoms with Crippen LogP contribution in [-0.4, -0.2) is 32.7 Å². The molecule has 88 valence electrons. The molecule has 6 nitrogen and oxygen atoms in total.